The lowest BCUT2D eigenvalue weighted by Crippen LogP contribution is -2.67. The highest BCUT2D eigenvalue weighted by Crippen LogP contribution is 2.56. The molecule has 0 saturated heterocycles. The summed E-state index contributed by atoms with van der Waals surface area (Å²) in [7, 11) is 0. The lowest BCUT2D eigenvalue weighted by Gasteiger charge is -2.47. The average molecular weight is 539 g/mol. The van der Waals surface area contributed by atoms with Gasteiger partial charge in [0.25, 0.3) is 0 Å². The zero-order valence-electron chi connectivity index (χ0n) is 24.6. The lowest BCUT2D eigenvalue weighted by molar-refractivity contribution is -0.226. The summed E-state index contributed by atoms with van der Waals surface area (Å²) in [5.74, 6) is -3.45. The minimum Gasteiger partial charge on any atom is -0.461 e. The van der Waals surface area contributed by atoms with Gasteiger partial charge >= 0.3 is 11.9 Å². The number of carbonyl (C=O) groups is 3. The summed E-state index contributed by atoms with van der Waals surface area (Å²) in [6.45, 7) is 13.4. The van der Waals surface area contributed by atoms with E-state index in [0.29, 0.717) is 12.0 Å². The third kappa shape index (κ3) is 6.18. The molecule has 0 amide bonds. The first-order valence-electron chi connectivity index (χ1n) is 14.3. The third-order valence-electron chi connectivity index (χ3n) is 9.13. The van der Waals surface area contributed by atoms with E-state index in [4.69, 9.17) is 9.47 Å². The van der Waals surface area contributed by atoms with Crippen LogP contribution in [-0.2, 0) is 23.9 Å². The molecule has 3 N–H and O–H groups in total. The second-order valence-corrected chi connectivity index (χ2v) is 12.0. The Morgan fingerprint density at radius 2 is 1.55 bits per heavy atom. The van der Waals surface area contributed by atoms with Gasteiger partial charge in [0.05, 0.1) is 5.60 Å². The number of Topliss-reactive ketones (excluding diaryl/α,β-unsaturated/α-hetero) is 1. The van der Waals surface area contributed by atoms with Crippen molar-refractivity contribution in [1.82, 2.24) is 0 Å². The van der Waals surface area contributed by atoms with Crippen molar-refractivity contribution in [2.45, 2.75) is 142 Å². The fourth-order valence-corrected chi connectivity index (χ4v) is 6.52. The molecule has 0 spiro atoms. The fourth-order valence-electron chi connectivity index (χ4n) is 6.52. The Bertz CT molecular complexity index is 904. The summed E-state index contributed by atoms with van der Waals surface area (Å²) in [6.07, 6.45) is 3.56. The van der Waals surface area contributed by atoms with Crippen LogP contribution in [0.25, 0.3) is 0 Å². The van der Waals surface area contributed by atoms with Gasteiger partial charge in [-0.05, 0) is 40.5 Å². The number of unbranched alkanes of at least 4 members (excludes halogenated alkanes) is 4. The summed E-state index contributed by atoms with van der Waals surface area (Å²) in [6, 6.07) is 0. The highest BCUT2D eigenvalue weighted by molar-refractivity contribution is 5.86. The Balaban J connectivity index is 2.52. The molecule has 0 unspecified atom stereocenters. The first-order chi connectivity index (χ1) is 17.6. The van der Waals surface area contributed by atoms with Crippen molar-refractivity contribution in [3.63, 3.8) is 0 Å². The van der Waals surface area contributed by atoms with Gasteiger partial charge in [0, 0.05) is 37.0 Å². The molecule has 0 aliphatic heterocycles. The van der Waals surface area contributed by atoms with Crippen LogP contribution in [0.4, 0.5) is 0 Å². The zero-order chi connectivity index (χ0) is 29.1. The maximum Gasteiger partial charge on any atom is 0.306 e. The van der Waals surface area contributed by atoms with Crippen LogP contribution in [-0.4, -0.2) is 62.1 Å². The Morgan fingerprint density at radius 3 is 2.11 bits per heavy atom. The monoisotopic (exact) mass is 538 g/mol. The van der Waals surface area contributed by atoms with Gasteiger partial charge in [-0.15, -0.1) is 0 Å². The van der Waals surface area contributed by atoms with E-state index >= 15 is 0 Å². The van der Waals surface area contributed by atoms with Gasteiger partial charge in [0.1, 0.15) is 17.8 Å². The smallest absolute Gasteiger partial charge is 0.306 e. The van der Waals surface area contributed by atoms with Crippen molar-refractivity contribution in [2.24, 2.45) is 17.8 Å². The van der Waals surface area contributed by atoms with E-state index in [9.17, 15) is 29.7 Å². The molecule has 0 aromatic carbocycles. The van der Waals surface area contributed by atoms with Crippen molar-refractivity contribution < 1.29 is 39.2 Å². The molecular weight excluding hydrogens is 488 g/mol. The van der Waals surface area contributed by atoms with Crippen molar-refractivity contribution in [3.05, 3.63) is 11.1 Å². The summed E-state index contributed by atoms with van der Waals surface area (Å²) >= 11 is 0. The number of ether oxygens (including phenoxy) is 2. The zero-order valence-corrected chi connectivity index (χ0v) is 24.6. The highest BCUT2D eigenvalue weighted by Gasteiger charge is 2.67. The number of ketones is 1. The predicted molar refractivity (Wildman–Crippen MR) is 144 cm³/mol. The van der Waals surface area contributed by atoms with Crippen LogP contribution < -0.4 is 0 Å². The van der Waals surface area contributed by atoms with E-state index in [1.165, 1.54) is 13.8 Å². The first-order valence-corrected chi connectivity index (χ1v) is 14.3. The molecule has 218 valence electrons. The minimum absolute atomic E-state index is 0.0893. The van der Waals surface area contributed by atoms with Gasteiger partial charge < -0.3 is 24.8 Å². The van der Waals surface area contributed by atoms with Gasteiger partial charge in [-0.1, -0.05) is 64.5 Å². The Kier molecular flexibility index (Phi) is 10.8. The van der Waals surface area contributed by atoms with Crippen LogP contribution in [0.2, 0.25) is 0 Å². The molecule has 8 nitrogen and oxygen atoms in total. The van der Waals surface area contributed by atoms with Crippen molar-refractivity contribution in [1.29, 1.82) is 0 Å². The van der Waals surface area contributed by atoms with Gasteiger partial charge in [-0.25, -0.2) is 0 Å². The largest absolute Gasteiger partial charge is 0.461 e. The van der Waals surface area contributed by atoms with Gasteiger partial charge in [-0.3, -0.25) is 14.4 Å². The number of fused-ring (bicyclic) bond motifs is 1. The van der Waals surface area contributed by atoms with E-state index in [1.54, 1.807) is 13.8 Å². The van der Waals surface area contributed by atoms with Gasteiger partial charge in [0.15, 0.2) is 11.4 Å². The van der Waals surface area contributed by atoms with Crippen molar-refractivity contribution in [3.8, 4) is 0 Å². The molecule has 1 fully saturated rings. The normalized spacial score (nSPS) is 34.8. The van der Waals surface area contributed by atoms with Crippen LogP contribution in [0.5, 0.6) is 0 Å². The van der Waals surface area contributed by atoms with Crippen molar-refractivity contribution in [2.75, 3.05) is 0 Å². The Labute approximate surface area is 228 Å². The molecular formula is C30H50O8. The van der Waals surface area contributed by atoms with E-state index < -0.39 is 52.6 Å². The molecule has 1 saturated carbocycles. The fraction of sp³-hybridized carbons (Fsp3) is 0.833. The molecule has 2 rings (SSSR count). The number of esters is 2. The summed E-state index contributed by atoms with van der Waals surface area (Å²) in [5.41, 5.74) is -4.63. The number of hydrogen-bond acceptors (Lipinski definition) is 8. The van der Waals surface area contributed by atoms with Crippen molar-refractivity contribution >= 4 is 17.7 Å². The van der Waals surface area contributed by atoms with Crippen LogP contribution in [0, 0.1) is 17.8 Å². The standard InChI is InChI=1S/C30H50O8/c1-9-11-12-13-14-16-24(33)38-27-19(4)18(3)25-20(5)30(36,29(8,35)21(6)31)22(37-23(32)15-10-2)17-28(7,34)26(25)27/h19-20,22,26-27,34-36H,9-17H2,1-8H3/t19-,20-,22-,26+,27+,28-,29+,30-/m0/s1. The minimum atomic E-state index is -2.28. The summed E-state index contributed by atoms with van der Waals surface area (Å²) in [4.78, 5) is 38.1. The molecule has 0 radical (unpaired) electrons. The summed E-state index contributed by atoms with van der Waals surface area (Å²) < 4.78 is 11.7. The Morgan fingerprint density at radius 1 is 0.974 bits per heavy atom. The summed E-state index contributed by atoms with van der Waals surface area (Å²) in [5, 5.41) is 35.5. The van der Waals surface area contributed by atoms with Gasteiger partial charge in [-0.2, -0.15) is 0 Å². The van der Waals surface area contributed by atoms with E-state index in [0.717, 1.165) is 37.7 Å². The second-order valence-electron chi connectivity index (χ2n) is 12.0. The van der Waals surface area contributed by atoms with Crippen LogP contribution in [0.1, 0.15) is 113 Å². The average Bonchev–Trinajstić information content (AvgIpc) is 3.04. The van der Waals surface area contributed by atoms with Crippen LogP contribution in [0.15, 0.2) is 11.1 Å². The highest BCUT2D eigenvalue weighted by atomic mass is 16.6. The van der Waals surface area contributed by atoms with E-state index in [2.05, 4.69) is 6.92 Å². The first kappa shape index (κ1) is 32.4. The molecule has 2 aliphatic carbocycles. The van der Waals surface area contributed by atoms with Crippen LogP contribution in [0.3, 0.4) is 0 Å². The topological polar surface area (TPSA) is 130 Å². The number of hydrogen-bond donors (Lipinski definition) is 3. The molecule has 2 aliphatic rings. The quantitative estimate of drug-likeness (QED) is 0.189. The maximum atomic E-state index is 12.9. The molecule has 0 heterocycles. The molecule has 8 heteroatoms. The third-order valence-corrected chi connectivity index (χ3v) is 9.13. The SMILES string of the molecule is CCCCCCCC(=O)O[C@H]1[C@H]2C(=C(C)[C@@H]1C)[C@H](C)[C@@](O)([C@](C)(O)C(C)=O)[C@@H](OC(=O)CCC)C[C@]2(C)O. The van der Waals surface area contributed by atoms with Crippen LogP contribution >= 0.6 is 0 Å². The van der Waals surface area contributed by atoms with Gasteiger partial charge in [0.2, 0.25) is 0 Å². The maximum absolute atomic E-state index is 12.9. The number of carbonyl (C=O) groups excluding carboxylic acids is 3. The second kappa shape index (κ2) is 12.6. The predicted octanol–water partition coefficient (Wildman–Crippen LogP) is 4.41. The molecule has 38 heavy (non-hydrogen) atoms. The number of rotatable bonds is 12. The molecule has 8 atom stereocenters. The lowest BCUT2D eigenvalue weighted by atomic mass is 9.67. The van der Waals surface area contributed by atoms with E-state index in [1.807, 2.05) is 20.8 Å². The molecule has 0 aromatic rings. The Hall–Kier alpha value is -1.77. The molecule has 0 aromatic heterocycles. The van der Waals surface area contributed by atoms with E-state index in [-0.39, 0.29) is 31.1 Å². The number of aliphatic hydroxyl groups is 3. The molecule has 0 bridgehead atoms.